The van der Waals surface area contributed by atoms with Gasteiger partial charge in [0.25, 0.3) is 0 Å². The van der Waals surface area contributed by atoms with Gasteiger partial charge in [-0.2, -0.15) is 0 Å². The Kier molecular flexibility index (Phi) is 2.41. The smallest absolute Gasteiger partial charge is 0.152 e. The number of ketones is 1. The summed E-state index contributed by atoms with van der Waals surface area (Å²) in [6, 6.07) is 0. The van der Waals surface area contributed by atoms with Gasteiger partial charge >= 0.3 is 0 Å². The average molecular weight is 246 g/mol. The molecule has 0 aromatic carbocycles. The third-order valence-electron chi connectivity index (χ3n) is 7.03. The van der Waals surface area contributed by atoms with Crippen molar-refractivity contribution in [2.24, 2.45) is 22.2 Å². The predicted molar refractivity (Wildman–Crippen MR) is 74.3 cm³/mol. The van der Waals surface area contributed by atoms with E-state index < -0.39 is 0 Å². The molecule has 0 amide bonds. The highest BCUT2D eigenvalue weighted by atomic mass is 16.1. The van der Waals surface area contributed by atoms with Crippen LogP contribution >= 0.6 is 0 Å². The lowest BCUT2D eigenvalue weighted by Gasteiger charge is -2.46. The van der Waals surface area contributed by atoms with Crippen LogP contribution in [0, 0.1) is 22.2 Å². The summed E-state index contributed by atoms with van der Waals surface area (Å²) in [5.74, 6) is 1.06. The first kappa shape index (κ1) is 12.4. The summed E-state index contributed by atoms with van der Waals surface area (Å²) in [6.07, 6.45) is 10.1. The molecule has 0 aromatic heterocycles. The van der Waals surface area contributed by atoms with E-state index in [0.29, 0.717) is 16.2 Å². The van der Waals surface area contributed by atoms with Crippen LogP contribution in [0.15, 0.2) is 11.6 Å². The van der Waals surface area contributed by atoms with E-state index in [4.69, 9.17) is 0 Å². The molecule has 4 atom stereocenters. The summed E-state index contributed by atoms with van der Waals surface area (Å²) >= 11 is 0. The molecule has 0 aliphatic heterocycles. The second-order valence-corrected chi connectivity index (χ2v) is 7.69. The number of hydrogen-bond donors (Lipinski definition) is 0. The van der Waals surface area contributed by atoms with Gasteiger partial charge in [0.1, 0.15) is 0 Å². The summed E-state index contributed by atoms with van der Waals surface area (Å²) in [5.41, 5.74) is 2.82. The van der Waals surface area contributed by atoms with Crippen molar-refractivity contribution in [2.45, 2.75) is 66.2 Å². The molecule has 4 bridgehead atoms. The standard InChI is InChI=1S/C17H26O/c1-12(10-13(2)18)17-8-5-7-16(4)14(17)6-9-15(16,3)11-17/h10,14H,5-9,11H2,1-4H3/b12-10+. The molecule has 3 aliphatic carbocycles. The van der Waals surface area contributed by atoms with Crippen LogP contribution in [0.4, 0.5) is 0 Å². The van der Waals surface area contributed by atoms with Crippen LogP contribution in [0.1, 0.15) is 66.2 Å². The minimum absolute atomic E-state index is 0.224. The van der Waals surface area contributed by atoms with Crippen LogP contribution < -0.4 is 0 Å². The fraction of sp³-hybridized carbons (Fsp3) is 0.824. The van der Waals surface area contributed by atoms with E-state index in [1.165, 1.54) is 44.1 Å². The van der Waals surface area contributed by atoms with Gasteiger partial charge in [-0.15, -0.1) is 0 Å². The van der Waals surface area contributed by atoms with Crippen molar-refractivity contribution in [3.63, 3.8) is 0 Å². The second kappa shape index (κ2) is 3.49. The molecule has 0 heterocycles. The number of hydrogen-bond acceptors (Lipinski definition) is 1. The SMILES string of the molecule is CC(=O)/C=C(\C)C12CCCC3(C)C1CCC3(C)C2. The maximum atomic E-state index is 11.5. The van der Waals surface area contributed by atoms with E-state index in [1.54, 1.807) is 6.92 Å². The molecule has 4 unspecified atom stereocenters. The highest BCUT2D eigenvalue weighted by molar-refractivity contribution is 5.88. The van der Waals surface area contributed by atoms with Gasteiger partial charge in [-0.1, -0.05) is 25.8 Å². The Balaban J connectivity index is 2.07. The monoisotopic (exact) mass is 246 g/mol. The first-order chi connectivity index (χ1) is 8.34. The molecular formula is C17H26O. The van der Waals surface area contributed by atoms with Crippen LogP contribution in [0.25, 0.3) is 0 Å². The molecular weight excluding hydrogens is 220 g/mol. The van der Waals surface area contributed by atoms with Gasteiger partial charge in [-0.05, 0) is 74.2 Å². The third-order valence-corrected chi connectivity index (χ3v) is 7.03. The van der Waals surface area contributed by atoms with Crippen molar-refractivity contribution < 1.29 is 4.79 Å². The Labute approximate surface area is 111 Å². The van der Waals surface area contributed by atoms with Crippen molar-refractivity contribution in [1.82, 2.24) is 0 Å². The second-order valence-electron chi connectivity index (χ2n) is 7.69. The van der Waals surface area contributed by atoms with E-state index in [0.717, 1.165) is 5.92 Å². The van der Waals surface area contributed by atoms with Crippen molar-refractivity contribution >= 4 is 5.78 Å². The first-order valence-electron chi connectivity index (χ1n) is 7.53. The lowest BCUT2D eigenvalue weighted by molar-refractivity contribution is -0.112. The lowest BCUT2D eigenvalue weighted by atomic mass is 9.59. The number of carbonyl (C=O) groups excluding carboxylic acids is 1. The predicted octanol–water partition coefficient (Wildman–Crippen LogP) is 4.52. The van der Waals surface area contributed by atoms with Crippen LogP contribution in [-0.2, 0) is 4.79 Å². The van der Waals surface area contributed by atoms with Gasteiger partial charge in [-0.25, -0.2) is 0 Å². The molecule has 0 spiro atoms. The van der Waals surface area contributed by atoms with E-state index in [2.05, 4.69) is 20.8 Å². The number of allylic oxidation sites excluding steroid dienone is 2. The summed E-state index contributed by atoms with van der Waals surface area (Å²) < 4.78 is 0. The zero-order chi connectivity index (χ0) is 13.2. The molecule has 1 nitrogen and oxygen atoms in total. The summed E-state index contributed by atoms with van der Waals surface area (Å²) in [6.45, 7) is 8.96. The van der Waals surface area contributed by atoms with E-state index in [-0.39, 0.29) is 5.78 Å². The summed E-state index contributed by atoms with van der Waals surface area (Å²) in [4.78, 5) is 11.5. The maximum Gasteiger partial charge on any atom is 0.152 e. The van der Waals surface area contributed by atoms with E-state index in [1.807, 2.05) is 6.08 Å². The highest BCUT2D eigenvalue weighted by Gasteiger charge is 2.70. The minimum atomic E-state index is 0.224. The maximum absolute atomic E-state index is 11.5. The van der Waals surface area contributed by atoms with Gasteiger partial charge in [0, 0.05) is 0 Å². The van der Waals surface area contributed by atoms with Crippen molar-refractivity contribution in [2.75, 3.05) is 0 Å². The van der Waals surface area contributed by atoms with Crippen molar-refractivity contribution in [1.29, 1.82) is 0 Å². The van der Waals surface area contributed by atoms with Crippen LogP contribution in [0.3, 0.4) is 0 Å². The quantitative estimate of drug-likeness (QED) is 0.655. The molecule has 100 valence electrons. The Hall–Kier alpha value is -0.590. The first-order valence-corrected chi connectivity index (χ1v) is 7.53. The number of carbonyl (C=O) groups is 1. The zero-order valence-electron chi connectivity index (χ0n) is 12.3. The molecule has 3 saturated carbocycles. The molecule has 0 saturated heterocycles. The van der Waals surface area contributed by atoms with Gasteiger partial charge < -0.3 is 0 Å². The number of rotatable bonds is 2. The van der Waals surface area contributed by atoms with Crippen LogP contribution in [0.5, 0.6) is 0 Å². The molecule has 1 heteroatoms. The van der Waals surface area contributed by atoms with Gasteiger partial charge in [0.2, 0.25) is 0 Å². The van der Waals surface area contributed by atoms with Crippen LogP contribution in [0.2, 0.25) is 0 Å². The molecule has 3 fully saturated rings. The fourth-order valence-electron chi connectivity index (χ4n) is 6.05. The molecule has 0 aromatic rings. The summed E-state index contributed by atoms with van der Waals surface area (Å²) in [7, 11) is 0. The normalized spacial score (nSPS) is 50.7. The Morgan fingerprint density at radius 1 is 1.17 bits per heavy atom. The van der Waals surface area contributed by atoms with E-state index >= 15 is 0 Å². The van der Waals surface area contributed by atoms with Crippen LogP contribution in [-0.4, -0.2) is 5.78 Å². The Morgan fingerprint density at radius 2 is 1.89 bits per heavy atom. The zero-order valence-corrected chi connectivity index (χ0v) is 12.3. The third kappa shape index (κ3) is 1.26. The van der Waals surface area contributed by atoms with Gasteiger partial charge in [-0.3, -0.25) is 4.79 Å². The molecule has 0 N–H and O–H groups in total. The molecule has 3 aliphatic rings. The van der Waals surface area contributed by atoms with Crippen molar-refractivity contribution in [3.8, 4) is 0 Å². The lowest BCUT2D eigenvalue weighted by Crippen LogP contribution is -2.37. The largest absolute Gasteiger partial charge is 0.295 e. The topological polar surface area (TPSA) is 17.1 Å². The highest BCUT2D eigenvalue weighted by Crippen LogP contribution is 2.78. The Bertz CT molecular complexity index is 435. The average Bonchev–Trinajstić information content (AvgIpc) is 2.56. The van der Waals surface area contributed by atoms with Gasteiger partial charge in [0.05, 0.1) is 0 Å². The minimum Gasteiger partial charge on any atom is -0.295 e. The molecule has 18 heavy (non-hydrogen) atoms. The summed E-state index contributed by atoms with van der Waals surface area (Å²) in [5, 5.41) is 0. The fourth-order valence-corrected chi connectivity index (χ4v) is 6.05. The molecule has 3 rings (SSSR count). The Morgan fingerprint density at radius 3 is 2.56 bits per heavy atom. The van der Waals surface area contributed by atoms with E-state index in [9.17, 15) is 4.79 Å². The van der Waals surface area contributed by atoms with Gasteiger partial charge in [0.15, 0.2) is 5.78 Å². The molecule has 0 radical (unpaired) electrons. The van der Waals surface area contributed by atoms with Crippen molar-refractivity contribution in [3.05, 3.63) is 11.6 Å².